The lowest BCUT2D eigenvalue weighted by Crippen LogP contribution is -2.47. The summed E-state index contributed by atoms with van der Waals surface area (Å²) in [6.07, 6.45) is 72.0. The third-order valence-electron chi connectivity index (χ3n) is 12.4. The van der Waals surface area contributed by atoms with Crippen molar-refractivity contribution in [1.29, 1.82) is 0 Å². The molecule has 74 heavy (non-hydrogen) atoms. The van der Waals surface area contributed by atoms with Crippen LogP contribution in [0.15, 0.2) is 109 Å². The van der Waals surface area contributed by atoms with E-state index in [0.717, 1.165) is 128 Å². The maximum Gasteiger partial charge on any atom is 0.306 e. The van der Waals surface area contributed by atoms with Crippen LogP contribution >= 0.6 is 7.82 Å². The van der Waals surface area contributed by atoms with Crippen molar-refractivity contribution in [2.24, 2.45) is 0 Å². The Kier molecular flexibility index (Phi) is 50.7. The van der Waals surface area contributed by atoms with E-state index in [2.05, 4.69) is 123 Å². The van der Waals surface area contributed by atoms with Gasteiger partial charge < -0.3 is 28.5 Å². The number of nitrogens with one attached hydrogen (secondary N) is 1. The van der Waals surface area contributed by atoms with Gasteiger partial charge in [-0.3, -0.25) is 14.2 Å². The normalized spacial score (nSPS) is 14.5. The first-order chi connectivity index (χ1) is 35.9. The molecule has 3 atom stereocenters. The number of rotatable bonds is 52. The molecular weight excluding hydrogens is 940 g/mol. The number of phosphoric ester groups is 1. The molecule has 0 bridgehead atoms. The molecule has 0 heterocycles. The SMILES string of the molecule is CC/C=C\C/C=C\C/C=C\C/C=C\C/C=C\CCCCCCCCCC(=O)NC(COP(=O)([O-])OCC[N+](C)(C)C)C(/C=C\CCCCCCCCCCC)OC(=O)CCCCCC/C=C/C/C=C/C/C=C/CC. The van der Waals surface area contributed by atoms with Crippen LogP contribution in [0.3, 0.4) is 0 Å². The van der Waals surface area contributed by atoms with Crippen LogP contribution in [0.2, 0.25) is 0 Å². The standard InChI is InChI=1S/C64H111N2O7P/c1-7-10-13-16-19-22-25-27-29-30-31-32-33-34-35-36-37-38-41-44-47-50-53-56-63(67)65-61(60-72-74(69,70)71-59-58-66(4,5)6)62(55-52-49-46-43-40-24-21-18-15-12-9-3)73-64(68)57-54-51-48-45-42-39-28-26-23-20-17-14-11-8-2/h10-11,13-14,19-20,22-23,27-29,31-32,34-35,39,52,55,61-62H,7-9,12,15-18,21,24-26,30,33,36-38,40-51,53-54,56-60H2,1-6H3,(H-,65,67,69,70)/b13-10-,14-11+,22-19-,23-20+,29-27-,32-31-,35-34-,39-28+,55-52-. The van der Waals surface area contributed by atoms with Gasteiger partial charge in [-0.15, -0.1) is 0 Å². The second kappa shape index (κ2) is 53.1. The quantitative estimate of drug-likeness (QED) is 0.0212. The number of allylic oxidation sites excluding steroid dienone is 17. The molecule has 0 aromatic rings. The van der Waals surface area contributed by atoms with Crippen molar-refractivity contribution in [2.45, 2.75) is 245 Å². The molecule has 9 nitrogen and oxygen atoms in total. The Morgan fingerprint density at radius 1 is 0.486 bits per heavy atom. The third kappa shape index (κ3) is 53.5. The average Bonchev–Trinajstić information content (AvgIpc) is 3.36. The van der Waals surface area contributed by atoms with E-state index in [9.17, 15) is 19.0 Å². The molecule has 1 amide bonds. The lowest BCUT2D eigenvalue weighted by molar-refractivity contribution is -0.870. The minimum atomic E-state index is -4.71. The summed E-state index contributed by atoms with van der Waals surface area (Å²) in [7, 11) is 1.15. The predicted molar refractivity (Wildman–Crippen MR) is 316 cm³/mol. The summed E-state index contributed by atoms with van der Waals surface area (Å²) < 4.78 is 30.2. The first-order valence-electron chi connectivity index (χ1n) is 29.7. The molecule has 0 rings (SSSR count). The zero-order valence-corrected chi connectivity index (χ0v) is 49.1. The highest BCUT2D eigenvalue weighted by Crippen LogP contribution is 2.38. The highest BCUT2D eigenvalue weighted by Gasteiger charge is 2.27. The zero-order valence-electron chi connectivity index (χ0n) is 48.3. The van der Waals surface area contributed by atoms with Gasteiger partial charge in [-0.1, -0.05) is 220 Å². The van der Waals surface area contributed by atoms with Crippen molar-refractivity contribution in [3.05, 3.63) is 109 Å². The molecule has 0 aliphatic rings. The first kappa shape index (κ1) is 70.7. The predicted octanol–water partition coefficient (Wildman–Crippen LogP) is 17.5. The fourth-order valence-corrected chi connectivity index (χ4v) is 8.64. The fourth-order valence-electron chi connectivity index (χ4n) is 7.91. The summed E-state index contributed by atoms with van der Waals surface area (Å²) in [6, 6.07) is -0.910. The summed E-state index contributed by atoms with van der Waals surface area (Å²) in [5, 5.41) is 3.01. The van der Waals surface area contributed by atoms with Gasteiger partial charge in [-0.2, -0.15) is 0 Å². The molecule has 0 aliphatic heterocycles. The van der Waals surface area contributed by atoms with Crippen molar-refractivity contribution < 1.29 is 37.3 Å². The number of likely N-dealkylation sites (N-methyl/N-ethyl adjacent to an activating group) is 1. The second-order valence-electron chi connectivity index (χ2n) is 20.7. The number of unbranched alkanes of at least 4 members (excludes halogenated alkanes) is 20. The third-order valence-corrected chi connectivity index (χ3v) is 13.4. The Bertz CT molecular complexity index is 1640. The molecule has 0 spiro atoms. The van der Waals surface area contributed by atoms with Crippen molar-refractivity contribution in [3.8, 4) is 0 Å². The van der Waals surface area contributed by atoms with E-state index < -0.39 is 26.6 Å². The van der Waals surface area contributed by atoms with Gasteiger partial charge in [0.1, 0.15) is 19.3 Å². The van der Waals surface area contributed by atoms with E-state index in [4.69, 9.17) is 13.8 Å². The Balaban J connectivity index is 5.26. The van der Waals surface area contributed by atoms with E-state index in [0.29, 0.717) is 23.9 Å². The average molecular weight is 1050 g/mol. The van der Waals surface area contributed by atoms with Gasteiger partial charge in [0.25, 0.3) is 7.82 Å². The number of ether oxygens (including phenoxy) is 1. The van der Waals surface area contributed by atoms with Gasteiger partial charge in [0, 0.05) is 12.8 Å². The number of phosphoric acid groups is 1. The monoisotopic (exact) mass is 1050 g/mol. The van der Waals surface area contributed by atoms with Crippen LogP contribution in [-0.4, -0.2) is 69.4 Å². The summed E-state index contributed by atoms with van der Waals surface area (Å²) >= 11 is 0. The number of esters is 1. The van der Waals surface area contributed by atoms with Crippen LogP contribution in [0.25, 0.3) is 0 Å². The summed E-state index contributed by atoms with van der Waals surface area (Å²) in [5.74, 6) is -0.588. The largest absolute Gasteiger partial charge is 0.756 e. The van der Waals surface area contributed by atoms with Crippen LogP contribution in [0, 0.1) is 0 Å². The van der Waals surface area contributed by atoms with Crippen molar-refractivity contribution in [2.75, 3.05) is 40.9 Å². The summed E-state index contributed by atoms with van der Waals surface area (Å²) in [4.78, 5) is 39.9. The maximum absolute atomic E-state index is 13.5. The molecular formula is C64H111N2O7P. The highest BCUT2D eigenvalue weighted by molar-refractivity contribution is 7.45. The maximum atomic E-state index is 13.5. The number of amides is 1. The Labute approximate surface area is 455 Å². The number of carbonyl (C=O) groups excluding carboxylic acids is 2. The first-order valence-corrected chi connectivity index (χ1v) is 31.2. The smallest absolute Gasteiger partial charge is 0.306 e. The summed E-state index contributed by atoms with van der Waals surface area (Å²) in [5.41, 5.74) is 0. The van der Waals surface area contributed by atoms with Crippen LogP contribution in [0.4, 0.5) is 0 Å². The topological polar surface area (TPSA) is 114 Å². The van der Waals surface area contributed by atoms with Crippen LogP contribution < -0.4 is 10.2 Å². The van der Waals surface area contributed by atoms with Gasteiger partial charge in [-0.05, 0) is 109 Å². The molecule has 0 aromatic heterocycles. The van der Waals surface area contributed by atoms with Gasteiger partial charge in [-0.25, -0.2) is 0 Å². The molecule has 0 saturated heterocycles. The van der Waals surface area contributed by atoms with E-state index >= 15 is 0 Å². The Morgan fingerprint density at radius 3 is 1.30 bits per heavy atom. The lowest BCUT2D eigenvalue weighted by Gasteiger charge is -2.30. The van der Waals surface area contributed by atoms with Crippen LogP contribution in [0.5, 0.6) is 0 Å². The molecule has 0 radical (unpaired) electrons. The number of hydrogen-bond donors (Lipinski definition) is 1. The van der Waals surface area contributed by atoms with E-state index in [-0.39, 0.29) is 24.9 Å². The summed E-state index contributed by atoms with van der Waals surface area (Å²) in [6.45, 7) is 6.56. The van der Waals surface area contributed by atoms with Crippen LogP contribution in [0.1, 0.15) is 233 Å². The molecule has 0 saturated carbocycles. The van der Waals surface area contributed by atoms with Gasteiger partial charge in [0.2, 0.25) is 5.91 Å². The molecule has 3 unspecified atom stereocenters. The molecule has 0 aromatic carbocycles. The minimum Gasteiger partial charge on any atom is -0.756 e. The fraction of sp³-hybridized carbons (Fsp3) is 0.688. The Hall–Kier alpha value is -3.33. The lowest BCUT2D eigenvalue weighted by atomic mass is 10.1. The highest BCUT2D eigenvalue weighted by atomic mass is 31.2. The number of quaternary nitrogens is 1. The van der Waals surface area contributed by atoms with Gasteiger partial charge in [0.05, 0.1) is 33.8 Å². The number of nitrogens with zero attached hydrogens (tertiary/aromatic N) is 1. The number of carbonyl (C=O) groups is 2. The van der Waals surface area contributed by atoms with Gasteiger partial charge in [0.15, 0.2) is 0 Å². The van der Waals surface area contributed by atoms with E-state index in [1.165, 1.54) is 64.2 Å². The van der Waals surface area contributed by atoms with E-state index in [1.54, 1.807) is 0 Å². The van der Waals surface area contributed by atoms with E-state index in [1.807, 2.05) is 33.3 Å². The second-order valence-corrected chi connectivity index (χ2v) is 22.1. The van der Waals surface area contributed by atoms with Crippen molar-refractivity contribution in [3.63, 3.8) is 0 Å². The molecule has 0 fully saturated rings. The Morgan fingerprint density at radius 2 is 0.865 bits per heavy atom. The van der Waals surface area contributed by atoms with Gasteiger partial charge >= 0.3 is 5.97 Å². The van der Waals surface area contributed by atoms with Crippen molar-refractivity contribution in [1.82, 2.24) is 5.32 Å². The molecule has 0 aliphatic carbocycles. The zero-order chi connectivity index (χ0) is 54.3. The van der Waals surface area contributed by atoms with Crippen LogP contribution in [-0.2, 0) is 27.9 Å². The van der Waals surface area contributed by atoms with Crippen molar-refractivity contribution >= 4 is 19.7 Å². The number of hydrogen-bond acceptors (Lipinski definition) is 7. The molecule has 10 heteroatoms. The minimum absolute atomic E-state index is 0.0342. The molecule has 424 valence electrons. The molecule has 1 N–H and O–H groups in total.